The molecule has 0 aliphatic heterocycles. The molecule has 6 nitrogen and oxygen atoms in total. The molecule has 0 bridgehead atoms. The number of rotatable bonds is 4. The SMILES string of the molecule is Cc1ccccc1-c1cc2cc(NC(=O)[C@@H]3[C@H](C)[C@H]3c3cnn(C)c3)ncc2c(N)c1F. The number of hydrogen-bond acceptors (Lipinski definition) is 4. The molecule has 162 valence electrons. The number of hydrogen-bond donors (Lipinski definition) is 2. The van der Waals surface area contributed by atoms with E-state index in [1.807, 2.05) is 50.6 Å². The number of aryl methyl sites for hydroxylation is 2. The number of anilines is 2. The Kier molecular flexibility index (Phi) is 4.69. The van der Waals surface area contributed by atoms with Crippen LogP contribution < -0.4 is 11.1 Å². The number of nitrogens with two attached hydrogens (primary N) is 1. The molecule has 1 saturated carbocycles. The number of nitrogen functional groups attached to an aromatic ring is 1. The molecule has 1 aliphatic rings. The Balaban J connectivity index is 1.45. The van der Waals surface area contributed by atoms with E-state index < -0.39 is 5.82 Å². The number of benzene rings is 2. The van der Waals surface area contributed by atoms with Crippen molar-refractivity contribution in [2.75, 3.05) is 11.1 Å². The Bertz CT molecular complexity index is 1360. The van der Waals surface area contributed by atoms with Gasteiger partial charge in [-0.25, -0.2) is 9.37 Å². The number of carbonyl (C=O) groups is 1. The van der Waals surface area contributed by atoms with Crippen LogP contribution >= 0.6 is 0 Å². The molecule has 1 fully saturated rings. The number of aromatic nitrogens is 3. The second-order valence-electron chi connectivity index (χ2n) is 8.60. The minimum Gasteiger partial charge on any atom is -0.396 e. The zero-order valence-electron chi connectivity index (χ0n) is 18.1. The molecular formula is C25H24FN5O. The molecule has 3 N–H and O–H groups in total. The van der Waals surface area contributed by atoms with Crippen LogP contribution in [0.4, 0.5) is 15.9 Å². The van der Waals surface area contributed by atoms with Gasteiger partial charge >= 0.3 is 0 Å². The van der Waals surface area contributed by atoms with E-state index in [1.165, 1.54) is 6.20 Å². The van der Waals surface area contributed by atoms with Crippen molar-refractivity contribution in [3.05, 3.63) is 71.9 Å². The highest BCUT2D eigenvalue weighted by Crippen LogP contribution is 2.54. The summed E-state index contributed by atoms with van der Waals surface area (Å²) in [6.45, 7) is 4.00. The molecule has 2 aromatic carbocycles. The first-order valence-electron chi connectivity index (χ1n) is 10.6. The Morgan fingerprint density at radius 2 is 1.97 bits per heavy atom. The number of halogens is 1. The molecular weight excluding hydrogens is 405 g/mol. The van der Waals surface area contributed by atoms with Crippen LogP contribution in [0.5, 0.6) is 0 Å². The van der Waals surface area contributed by atoms with Gasteiger partial charge in [-0.05, 0) is 47.1 Å². The fraction of sp³-hybridized carbons (Fsp3) is 0.240. The second kappa shape index (κ2) is 7.44. The number of pyridine rings is 1. The monoisotopic (exact) mass is 429 g/mol. The largest absolute Gasteiger partial charge is 0.396 e. The Hall–Kier alpha value is -3.74. The molecule has 5 rings (SSSR count). The molecule has 3 atom stereocenters. The predicted octanol–water partition coefficient (Wildman–Crippen LogP) is 4.65. The van der Waals surface area contributed by atoms with Crippen molar-refractivity contribution < 1.29 is 9.18 Å². The van der Waals surface area contributed by atoms with E-state index in [0.717, 1.165) is 22.1 Å². The summed E-state index contributed by atoms with van der Waals surface area (Å²) < 4.78 is 16.8. The Morgan fingerprint density at radius 3 is 2.69 bits per heavy atom. The van der Waals surface area contributed by atoms with Crippen molar-refractivity contribution in [3.8, 4) is 11.1 Å². The molecule has 4 aromatic rings. The summed E-state index contributed by atoms with van der Waals surface area (Å²) in [7, 11) is 1.87. The van der Waals surface area contributed by atoms with Gasteiger partial charge in [0.25, 0.3) is 0 Å². The Morgan fingerprint density at radius 1 is 1.19 bits per heavy atom. The highest BCUT2D eigenvalue weighted by atomic mass is 19.1. The first kappa shape index (κ1) is 20.2. The third-order valence-corrected chi connectivity index (χ3v) is 6.48. The lowest BCUT2D eigenvalue weighted by molar-refractivity contribution is -0.117. The highest BCUT2D eigenvalue weighted by molar-refractivity contribution is 6.00. The average Bonchev–Trinajstić information content (AvgIpc) is 3.25. The fourth-order valence-corrected chi connectivity index (χ4v) is 4.63. The van der Waals surface area contributed by atoms with E-state index in [0.29, 0.717) is 16.8 Å². The molecule has 2 heterocycles. The van der Waals surface area contributed by atoms with Crippen LogP contribution in [0.25, 0.3) is 21.9 Å². The van der Waals surface area contributed by atoms with Crippen LogP contribution in [0, 0.1) is 24.6 Å². The third-order valence-electron chi connectivity index (χ3n) is 6.48. The van der Waals surface area contributed by atoms with Gasteiger partial charge in [-0.1, -0.05) is 31.2 Å². The summed E-state index contributed by atoms with van der Waals surface area (Å²) in [5.74, 6) is 0.147. The van der Waals surface area contributed by atoms with Gasteiger partial charge in [0.05, 0.1) is 11.9 Å². The molecule has 32 heavy (non-hydrogen) atoms. The molecule has 1 amide bonds. The fourth-order valence-electron chi connectivity index (χ4n) is 4.63. The summed E-state index contributed by atoms with van der Waals surface area (Å²) in [5, 5.41) is 8.38. The van der Waals surface area contributed by atoms with Gasteiger partial charge in [0.15, 0.2) is 5.82 Å². The van der Waals surface area contributed by atoms with Gasteiger partial charge in [-0.3, -0.25) is 9.48 Å². The van der Waals surface area contributed by atoms with E-state index >= 15 is 4.39 Å². The van der Waals surface area contributed by atoms with Crippen molar-refractivity contribution in [2.45, 2.75) is 19.8 Å². The average molecular weight is 429 g/mol. The van der Waals surface area contributed by atoms with Crippen molar-refractivity contribution >= 4 is 28.2 Å². The van der Waals surface area contributed by atoms with E-state index in [4.69, 9.17) is 5.73 Å². The van der Waals surface area contributed by atoms with Crippen LogP contribution in [0.1, 0.15) is 24.0 Å². The maximum absolute atomic E-state index is 15.0. The smallest absolute Gasteiger partial charge is 0.229 e. The summed E-state index contributed by atoms with van der Waals surface area (Å²) in [5.41, 5.74) is 9.40. The topological polar surface area (TPSA) is 85.8 Å². The number of fused-ring (bicyclic) bond motifs is 1. The maximum Gasteiger partial charge on any atom is 0.229 e. The van der Waals surface area contributed by atoms with Crippen molar-refractivity contribution in [1.29, 1.82) is 0 Å². The molecule has 0 radical (unpaired) electrons. The number of carbonyl (C=O) groups excluding carboxylic acids is 1. The van der Waals surface area contributed by atoms with Crippen LogP contribution in [0.15, 0.2) is 55.0 Å². The lowest BCUT2D eigenvalue weighted by Gasteiger charge is -2.13. The zero-order valence-corrected chi connectivity index (χ0v) is 18.1. The summed E-state index contributed by atoms with van der Waals surface area (Å²) in [6.07, 6.45) is 5.28. The van der Waals surface area contributed by atoms with Crippen molar-refractivity contribution in [3.63, 3.8) is 0 Å². The maximum atomic E-state index is 15.0. The van der Waals surface area contributed by atoms with Gasteiger partial charge in [-0.2, -0.15) is 5.10 Å². The van der Waals surface area contributed by atoms with Gasteiger partial charge in [-0.15, -0.1) is 0 Å². The van der Waals surface area contributed by atoms with Gasteiger partial charge in [0.2, 0.25) is 5.91 Å². The van der Waals surface area contributed by atoms with Crippen LogP contribution in [0.2, 0.25) is 0 Å². The summed E-state index contributed by atoms with van der Waals surface area (Å²) >= 11 is 0. The van der Waals surface area contributed by atoms with E-state index in [-0.39, 0.29) is 29.3 Å². The number of nitrogens with zero attached hydrogens (tertiary/aromatic N) is 3. The van der Waals surface area contributed by atoms with E-state index in [2.05, 4.69) is 22.3 Å². The zero-order chi connectivity index (χ0) is 22.6. The summed E-state index contributed by atoms with van der Waals surface area (Å²) in [4.78, 5) is 17.2. The molecule has 7 heteroatoms. The van der Waals surface area contributed by atoms with Crippen LogP contribution in [-0.4, -0.2) is 20.7 Å². The summed E-state index contributed by atoms with van der Waals surface area (Å²) in [6, 6.07) is 11.1. The minimum atomic E-state index is -0.462. The lowest BCUT2D eigenvalue weighted by atomic mass is 9.96. The number of nitrogens with one attached hydrogen (secondary N) is 1. The molecule has 1 aliphatic carbocycles. The molecule has 2 aromatic heterocycles. The minimum absolute atomic E-state index is 0.0542. The first-order chi connectivity index (χ1) is 15.3. The standard InChI is InChI=1S/C25H24FN5O/c1-13-6-4-5-7-17(13)18-8-15-9-20(28-11-19(15)24(27)23(18)26)30-25(32)22-14(2)21(22)16-10-29-31(3)12-16/h4-12,14,21-22H,27H2,1-3H3,(H,28,30,32)/t14-,21+,22-/m1/s1. The second-order valence-corrected chi connectivity index (χ2v) is 8.60. The molecule has 0 spiro atoms. The highest BCUT2D eigenvalue weighted by Gasteiger charge is 2.52. The first-order valence-corrected chi connectivity index (χ1v) is 10.6. The molecule has 0 saturated heterocycles. The van der Waals surface area contributed by atoms with Crippen LogP contribution in [0.3, 0.4) is 0 Å². The van der Waals surface area contributed by atoms with Gasteiger partial charge in [0, 0.05) is 42.2 Å². The third kappa shape index (κ3) is 3.30. The van der Waals surface area contributed by atoms with E-state index in [1.54, 1.807) is 16.8 Å². The van der Waals surface area contributed by atoms with Crippen molar-refractivity contribution in [1.82, 2.24) is 14.8 Å². The van der Waals surface area contributed by atoms with Gasteiger partial charge in [0.1, 0.15) is 5.82 Å². The Labute approximate surface area is 185 Å². The van der Waals surface area contributed by atoms with Gasteiger partial charge < -0.3 is 11.1 Å². The predicted molar refractivity (Wildman–Crippen MR) is 124 cm³/mol. The quantitative estimate of drug-likeness (QED) is 0.462. The molecule has 0 unspecified atom stereocenters. The van der Waals surface area contributed by atoms with Crippen LogP contribution in [-0.2, 0) is 11.8 Å². The number of amides is 1. The van der Waals surface area contributed by atoms with Crippen molar-refractivity contribution in [2.24, 2.45) is 18.9 Å². The van der Waals surface area contributed by atoms with E-state index in [9.17, 15) is 4.79 Å². The lowest BCUT2D eigenvalue weighted by Crippen LogP contribution is -2.16. The normalized spacial score (nSPS) is 19.8.